The van der Waals surface area contributed by atoms with Crippen molar-refractivity contribution in [2.24, 2.45) is 0 Å². The van der Waals surface area contributed by atoms with Crippen LogP contribution in [0.5, 0.6) is 0 Å². The van der Waals surface area contributed by atoms with E-state index in [1.807, 2.05) is 32.0 Å². The van der Waals surface area contributed by atoms with E-state index in [1.165, 1.54) is 11.8 Å². The van der Waals surface area contributed by atoms with Crippen LogP contribution in [0.25, 0.3) is 5.69 Å². The maximum absolute atomic E-state index is 13.1. The number of rotatable bonds is 7. The number of carbonyl (C=O) groups excluding carboxylic acids is 2. The van der Waals surface area contributed by atoms with Crippen molar-refractivity contribution < 1.29 is 14.3 Å². The first-order valence-corrected chi connectivity index (χ1v) is 10.6. The summed E-state index contributed by atoms with van der Waals surface area (Å²) in [6.45, 7) is 11.3. The van der Waals surface area contributed by atoms with Gasteiger partial charge in [0, 0.05) is 5.69 Å². The average Bonchev–Trinajstić information content (AvgIpc) is 3.25. The Labute approximate surface area is 179 Å². The lowest BCUT2D eigenvalue weighted by atomic mass is 10.1. The second-order valence-corrected chi connectivity index (χ2v) is 8.39. The predicted octanol–water partition coefficient (Wildman–Crippen LogP) is 3.76. The summed E-state index contributed by atoms with van der Waals surface area (Å²) < 4.78 is 6.77. The summed E-state index contributed by atoms with van der Waals surface area (Å²) in [4.78, 5) is 28.4. The standard InChI is InChI=1S/C21H25N5O3S/c1-7-29-20(28)16-13(4)17(22-14(16)5)19(27)15(6)30-21-23-24-25-26(21)18-11(2)9-8-10-12(18)3/h8-10,15,22H,7H2,1-6H3. The Balaban J connectivity index is 1.88. The molecule has 1 unspecified atom stereocenters. The highest BCUT2D eigenvalue weighted by Gasteiger charge is 2.27. The summed E-state index contributed by atoms with van der Waals surface area (Å²) in [5, 5.41) is 12.1. The van der Waals surface area contributed by atoms with Gasteiger partial charge in [0.05, 0.1) is 28.8 Å². The van der Waals surface area contributed by atoms with Gasteiger partial charge in [0.1, 0.15) is 0 Å². The molecule has 30 heavy (non-hydrogen) atoms. The number of para-hydroxylation sites is 1. The topological polar surface area (TPSA) is 103 Å². The SMILES string of the molecule is CCOC(=O)c1c(C)[nH]c(C(=O)C(C)Sc2nnnn2-c2c(C)cccc2C)c1C. The van der Waals surface area contributed by atoms with E-state index in [-0.39, 0.29) is 12.4 Å². The number of thioether (sulfide) groups is 1. The summed E-state index contributed by atoms with van der Waals surface area (Å²) in [6, 6.07) is 5.97. The number of hydrogen-bond acceptors (Lipinski definition) is 7. The molecule has 0 bridgehead atoms. The largest absolute Gasteiger partial charge is 0.462 e. The van der Waals surface area contributed by atoms with Gasteiger partial charge < -0.3 is 9.72 Å². The Kier molecular flexibility index (Phi) is 6.40. The van der Waals surface area contributed by atoms with Crippen molar-refractivity contribution >= 4 is 23.5 Å². The normalized spacial score (nSPS) is 12.1. The van der Waals surface area contributed by atoms with Gasteiger partial charge in [-0.05, 0) is 68.7 Å². The predicted molar refractivity (Wildman–Crippen MR) is 115 cm³/mol. The number of aryl methyl sites for hydroxylation is 3. The molecule has 0 aliphatic carbocycles. The maximum Gasteiger partial charge on any atom is 0.340 e. The van der Waals surface area contributed by atoms with Crippen LogP contribution in [-0.4, -0.2) is 48.8 Å². The molecule has 0 radical (unpaired) electrons. The van der Waals surface area contributed by atoms with E-state index in [0.29, 0.717) is 27.7 Å². The molecule has 9 heteroatoms. The van der Waals surface area contributed by atoms with Crippen molar-refractivity contribution in [1.82, 2.24) is 25.2 Å². The highest BCUT2D eigenvalue weighted by molar-refractivity contribution is 8.00. The van der Waals surface area contributed by atoms with E-state index < -0.39 is 11.2 Å². The van der Waals surface area contributed by atoms with Gasteiger partial charge in [-0.3, -0.25) is 4.79 Å². The summed E-state index contributed by atoms with van der Waals surface area (Å²) in [5.41, 5.74) is 5.02. The monoisotopic (exact) mass is 427 g/mol. The third kappa shape index (κ3) is 4.02. The van der Waals surface area contributed by atoms with Crippen LogP contribution in [0.15, 0.2) is 23.4 Å². The first-order chi connectivity index (χ1) is 14.3. The molecule has 158 valence electrons. The second-order valence-electron chi connectivity index (χ2n) is 7.08. The van der Waals surface area contributed by atoms with Gasteiger partial charge in [-0.1, -0.05) is 30.0 Å². The van der Waals surface area contributed by atoms with E-state index in [4.69, 9.17) is 4.74 Å². The quantitative estimate of drug-likeness (QED) is 0.348. The first kappa shape index (κ1) is 21.8. The number of aromatic nitrogens is 5. The number of aromatic amines is 1. The summed E-state index contributed by atoms with van der Waals surface area (Å²) >= 11 is 1.28. The molecular weight excluding hydrogens is 402 g/mol. The number of hydrogen-bond donors (Lipinski definition) is 1. The van der Waals surface area contributed by atoms with Crippen LogP contribution in [-0.2, 0) is 4.74 Å². The number of Topliss-reactive ketones (excluding diaryl/α,β-unsaturated/α-hetero) is 1. The fourth-order valence-corrected chi connectivity index (χ4v) is 4.31. The molecule has 2 aromatic heterocycles. The van der Waals surface area contributed by atoms with E-state index in [0.717, 1.165) is 16.8 Å². The molecule has 0 aliphatic rings. The number of ether oxygens (including phenoxy) is 1. The summed E-state index contributed by atoms with van der Waals surface area (Å²) in [7, 11) is 0. The number of ketones is 1. The van der Waals surface area contributed by atoms with E-state index in [1.54, 1.807) is 32.4 Å². The highest BCUT2D eigenvalue weighted by Crippen LogP contribution is 2.29. The molecular formula is C21H25N5O3S. The van der Waals surface area contributed by atoms with Crippen molar-refractivity contribution in [3.63, 3.8) is 0 Å². The minimum Gasteiger partial charge on any atom is -0.462 e. The van der Waals surface area contributed by atoms with Crippen LogP contribution >= 0.6 is 11.8 Å². The van der Waals surface area contributed by atoms with Gasteiger partial charge in [0.2, 0.25) is 5.16 Å². The van der Waals surface area contributed by atoms with Crippen molar-refractivity contribution in [1.29, 1.82) is 0 Å². The molecule has 8 nitrogen and oxygen atoms in total. The number of tetrazole rings is 1. The Morgan fingerprint density at radius 1 is 1.20 bits per heavy atom. The molecule has 1 aromatic carbocycles. The van der Waals surface area contributed by atoms with E-state index in [9.17, 15) is 9.59 Å². The van der Waals surface area contributed by atoms with Crippen LogP contribution in [0.2, 0.25) is 0 Å². The van der Waals surface area contributed by atoms with E-state index >= 15 is 0 Å². The third-order valence-corrected chi connectivity index (χ3v) is 5.94. The maximum atomic E-state index is 13.1. The minimum atomic E-state index is -0.467. The second kappa shape index (κ2) is 8.83. The molecule has 0 amide bonds. The van der Waals surface area contributed by atoms with Gasteiger partial charge in [-0.25, -0.2) is 4.79 Å². The zero-order valence-electron chi connectivity index (χ0n) is 17.9. The van der Waals surface area contributed by atoms with Gasteiger partial charge in [0.15, 0.2) is 5.78 Å². The lowest BCUT2D eigenvalue weighted by Crippen LogP contribution is -2.17. The van der Waals surface area contributed by atoms with Crippen LogP contribution in [0.3, 0.4) is 0 Å². The Bertz CT molecular complexity index is 1080. The van der Waals surface area contributed by atoms with Gasteiger partial charge >= 0.3 is 5.97 Å². The minimum absolute atomic E-state index is 0.132. The number of carbonyl (C=O) groups is 2. The molecule has 0 saturated carbocycles. The van der Waals surface area contributed by atoms with Crippen LogP contribution in [0.1, 0.15) is 57.1 Å². The number of benzene rings is 1. The Morgan fingerprint density at radius 2 is 1.87 bits per heavy atom. The zero-order chi connectivity index (χ0) is 22.0. The lowest BCUT2D eigenvalue weighted by Gasteiger charge is -2.13. The smallest absolute Gasteiger partial charge is 0.340 e. The molecule has 3 rings (SSSR count). The fraction of sp³-hybridized carbons (Fsp3) is 0.381. The highest BCUT2D eigenvalue weighted by atomic mass is 32.2. The lowest BCUT2D eigenvalue weighted by molar-refractivity contribution is 0.0525. The third-order valence-electron chi connectivity index (χ3n) is 4.91. The molecule has 0 saturated heterocycles. The molecule has 2 heterocycles. The summed E-state index contributed by atoms with van der Waals surface area (Å²) in [6.07, 6.45) is 0. The fourth-order valence-electron chi connectivity index (χ4n) is 3.45. The number of H-pyrrole nitrogens is 1. The van der Waals surface area contributed by atoms with Crippen LogP contribution in [0, 0.1) is 27.7 Å². The van der Waals surface area contributed by atoms with Crippen molar-refractivity contribution in [2.45, 2.75) is 51.9 Å². The van der Waals surface area contributed by atoms with Gasteiger partial charge in [-0.15, -0.1) is 5.10 Å². The average molecular weight is 428 g/mol. The van der Waals surface area contributed by atoms with Crippen LogP contribution < -0.4 is 0 Å². The number of esters is 1. The number of nitrogens with one attached hydrogen (secondary N) is 1. The van der Waals surface area contributed by atoms with Crippen molar-refractivity contribution in [3.05, 3.63) is 51.8 Å². The van der Waals surface area contributed by atoms with E-state index in [2.05, 4.69) is 20.5 Å². The summed E-state index contributed by atoms with van der Waals surface area (Å²) in [5.74, 6) is -0.561. The Hall–Kier alpha value is -2.94. The zero-order valence-corrected chi connectivity index (χ0v) is 18.8. The molecule has 0 spiro atoms. The van der Waals surface area contributed by atoms with Gasteiger partial charge in [0.25, 0.3) is 0 Å². The van der Waals surface area contributed by atoms with Crippen molar-refractivity contribution in [3.8, 4) is 5.69 Å². The molecule has 1 atom stereocenters. The van der Waals surface area contributed by atoms with Crippen LogP contribution in [0.4, 0.5) is 0 Å². The first-order valence-electron chi connectivity index (χ1n) is 9.68. The van der Waals surface area contributed by atoms with Crippen molar-refractivity contribution in [2.75, 3.05) is 6.61 Å². The molecule has 0 aliphatic heterocycles. The van der Waals surface area contributed by atoms with Gasteiger partial charge in [-0.2, -0.15) is 4.68 Å². The molecule has 0 fully saturated rings. The molecule has 3 aromatic rings. The molecule has 1 N–H and O–H groups in total. The number of nitrogens with zero attached hydrogens (tertiary/aromatic N) is 4. The Morgan fingerprint density at radius 3 is 2.50 bits per heavy atom.